The molecule has 3 rings (SSSR count). The minimum Gasteiger partial charge on any atom is -0.493 e. The van der Waals surface area contributed by atoms with Crippen LogP contribution in [-0.2, 0) is 4.79 Å². The lowest BCUT2D eigenvalue weighted by Gasteiger charge is -2.21. The third kappa shape index (κ3) is 4.90. The molecule has 0 bridgehead atoms. The topological polar surface area (TPSA) is 50.4 Å². The molecule has 2 aliphatic rings. The van der Waals surface area contributed by atoms with Gasteiger partial charge in [-0.05, 0) is 69.0 Å². The highest BCUT2D eigenvalue weighted by molar-refractivity contribution is 5.92. The van der Waals surface area contributed by atoms with Crippen LogP contribution in [0.15, 0.2) is 24.3 Å². The summed E-state index contributed by atoms with van der Waals surface area (Å²) in [6.45, 7) is 2.69. The lowest BCUT2D eigenvalue weighted by Crippen LogP contribution is -2.34. The number of hydrogen-bond donors (Lipinski definition) is 2. The third-order valence-corrected chi connectivity index (χ3v) is 4.01. The molecule has 1 saturated heterocycles. The van der Waals surface area contributed by atoms with Gasteiger partial charge in [-0.1, -0.05) is 0 Å². The van der Waals surface area contributed by atoms with Gasteiger partial charge in [0.1, 0.15) is 5.75 Å². The van der Waals surface area contributed by atoms with Crippen molar-refractivity contribution in [3.8, 4) is 5.75 Å². The van der Waals surface area contributed by atoms with E-state index < -0.39 is 0 Å². The maximum absolute atomic E-state index is 12.1. The number of carbonyl (C=O) groups is 1. The molecular weight excluding hydrogens is 288 g/mol. The van der Waals surface area contributed by atoms with E-state index in [9.17, 15) is 4.79 Å². The van der Waals surface area contributed by atoms with Crippen LogP contribution in [0.25, 0.3) is 0 Å². The monoisotopic (exact) mass is 310 g/mol. The van der Waals surface area contributed by atoms with E-state index >= 15 is 0 Å². The Labute approximate surface area is 132 Å². The van der Waals surface area contributed by atoms with Crippen LogP contribution in [0.3, 0.4) is 0 Å². The molecule has 0 spiro atoms. The van der Waals surface area contributed by atoms with Gasteiger partial charge in [-0.2, -0.15) is 0 Å². The summed E-state index contributed by atoms with van der Waals surface area (Å²) in [4.78, 5) is 12.1. The van der Waals surface area contributed by atoms with E-state index in [1.54, 1.807) is 0 Å². The molecule has 2 fully saturated rings. The van der Waals surface area contributed by atoms with E-state index in [2.05, 4.69) is 10.6 Å². The summed E-state index contributed by atoms with van der Waals surface area (Å²) in [5, 5.41) is 6.27. The van der Waals surface area contributed by atoms with Crippen molar-refractivity contribution in [2.75, 3.05) is 25.0 Å². The van der Waals surface area contributed by atoms with Crippen molar-refractivity contribution in [2.24, 2.45) is 11.8 Å². The van der Waals surface area contributed by atoms with Crippen molar-refractivity contribution in [3.05, 3.63) is 24.3 Å². The maximum atomic E-state index is 12.1. The molecular formula is C16H23ClN2O2. The second-order valence-electron chi connectivity index (χ2n) is 5.79. The number of rotatable bonds is 5. The van der Waals surface area contributed by atoms with Crippen LogP contribution in [0.2, 0.25) is 0 Å². The van der Waals surface area contributed by atoms with Gasteiger partial charge in [0, 0.05) is 11.6 Å². The van der Waals surface area contributed by atoms with Crippen molar-refractivity contribution < 1.29 is 9.53 Å². The summed E-state index contributed by atoms with van der Waals surface area (Å²) in [7, 11) is 0. The molecule has 0 unspecified atom stereocenters. The van der Waals surface area contributed by atoms with Crippen molar-refractivity contribution in [1.29, 1.82) is 0 Å². The summed E-state index contributed by atoms with van der Waals surface area (Å²) in [5.74, 6) is 1.92. The zero-order valence-electron chi connectivity index (χ0n) is 12.1. The average Bonchev–Trinajstić information content (AvgIpc) is 3.32. The van der Waals surface area contributed by atoms with Gasteiger partial charge in [-0.25, -0.2) is 0 Å². The summed E-state index contributed by atoms with van der Waals surface area (Å²) in [5.41, 5.74) is 0.854. The Kier molecular flexibility index (Phi) is 5.88. The van der Waals surface area contributed by atoms with Gasteiger partial charge in [-0.3, -0.25) is 4.79 Å². The van der Waals surface area contributed by atoms with E-state index in [1.807, 2.05) is 24.3 Å². The highest BCUT2D eigenvalue weighted by atomic mass is 35.5. The minimum absolute atomic E-state index is 0. The second-order valence-corrected chi connectivity index (χ2v) is 5.79. The molecule has 1 aliphatic heterocycles. The first-order valence-corrected chi connectivity index (χ1v) is 7.56. The van der Waals surface area contributed by atoms with Crippen LogP contribution in [-0.4, -0.2) is 25.6 Å². The van der Waals surface area contributed by atoms with Gasteiger partial charge in [0.05, 0.1) is 6.61 Å². The number of amides is 1. The van der Waals surface area contributed by atoms with Gasteiger partial charge in [-0.15, -0.1) is 12.4 Å². The molecule has 5 heteroatoms. The second kappa shape index (κ2) is 7.66. The van der Waals surface area contributed by atoms with Gasteiger partial charge >= 0.3 is 0 Å². The molecule has 1 aromatic carbocycles. The number of ether oxygens (including phenoxy) is 1. The normalized spacial score (nSPS) is 18.7. The molecule has 0 aromatic heterocycles. The number of halogens is 1. The summed E-state index contributed by atoms with van der Waals surface area (Å²) in [6.07, 6.45) is 4.44. The summed E-state index contributed by atoms with van der Waals surface area (Å²) < 4.78 is 5.69. The lowest BCUT2D eigenvalue weighted by atomic mass is 9.97. The van der Waals surface area contributed by atoms with Gasteiger partial charge in [0.25, 0.3) is 0 Å². The van der Waals surface area contributed by atoms with Crippen molar-refractivity contribution in [2.45, 2.75) is 25.7 Å². The van der Waals surface area contributed by atoms with E-state index in [1.165, 1.54) is 12.8 Å². The highest BCUT2D eigenvalue weighted by Gasteiger charge is 2.22. The standard InChI is InChI=1S/C16H22N2O2.ClH/c19-16(13-7-9-17-10-8-13)18-14-3-5-15(6-4-14)20-11-12-1-2-12;/h3-6,12-13,17H,1-2,7-11H2,(H,18,19);1H. The molecule has 1 aliphatic carbocycles. The average molecular weight is 311 g/mol. The van der Waals surface area contributed by atoms with Crippen LogP contribution in [0.1, 0.15) is 25.7 Å². The first-order chi connectivity index (χ1) is 9.81. The Morgan fingerprint density at radius 3 is 2.43 bits per heavy atom. The largest absolute Gasteiger partial charge is 0.493 e. The minimum atomic E-state index is 0. The van der Waals surface area contributed by atoms with E-state index in [0.29, 0.717) is 0 Å². The first kappa shape index (κ1) is 16.1. The molecule has 1 heterocycles. The predicted octanol–water partition coefficient (Wildman–Crippen LogP) is 2.84. The summed E-state index contributed by atoms with van der Waals surface area (Å²) in [6, 6.07) is 7.70. The zero-order valence-corrected chi connectivity index (χ0v) is 13.0. The maximum Gasteiger partial charge on any atom is 0.227 e. The fourth-order valence-electron chi connectivity index (χ4n) is 2.46. The zero-order chi connectivity index (χ0) is 13.8. The number of hydrogen-bond acceptors (Lipinski definition) is 3. The molecule has 0 atom stereocenters. The van der Waals surface area contributed by atoms with Crippen LogP contribution < -0.4 is 15.4 Å². The lowest BCUT2D eigenvalue weighted by molar-refractivity contribution is -0.120. The highest BCUT2D eigenvalue weighted by Crippen LogP contribution is 2.29. The molecule has 2 N–H and O–H groups in total. The molecule has 4 nitrogen and oxygen atoms in total. The van der Waals surface area contributed by atoms with Crippen LogP contribution in [0.5, 0.6) is 5.75 Å². The van der Waals surface area contributed by atoms with Crippen molar-refractivity contribution in [1.82, 2.24) is 5.32 Å². The Bertz CT molecular complexity index is 454. The van der Waals surface area contributed by atoms with Gasteiger partial charge in [0.2, 0.25) is 5.91 Å². The van der Waals surface area contributed by atoms with E-state index in [0.717, 1.165) is 49.9 Å². The summed E-state index contributed by atoms with van der Waals surface area (Å²) >= 11 is 0. The van der Waals surface area contributed by atoms with E-state index in [-0.39, 0.29) is 24.2 Å². The fraction of sp³-hybridized carbons (Fsp3) is 0.562. The molecule has 21 heavy (non-hydrogen) atoms. The quantitative estimate of drug-likeness (QED) is 0.879. The van der Waals surface area contributed by atoms with Gasteiger partial charge < -0.3 is 15.4 Å². The molecule has 1 saturated carbocycles. The van der Waals surface area contributed by atoms with Crippen molar-refractivity contribution >= 4 is 24.0 Å². The van der Waals surface area contributed by atoms with Crippen molar-refractivity contribution in [3.63, 3.8) is 0 Å². The third-order valence-electron chi connectivity index (χ3n) is 4.01. The van der Waals surface area contributed by atoms with Crippen LogP contribution in [0, 0.1) is 11.8 Å². The Hall–Kier alpha value is -1.26. The Morgan fingerprint density at radius 2 is 1.81 bits per heavy atom. The Balaban J connectivity index is 0.00000161. The number of anilines is 1. The molecule has 1 amide bonds. The molecule has 116 valence electrons. The van der Waals surface area contributed by atoms with E-state index in [4.69, 9.17) is 4.74 Å². The fourth-order valence-corrected chi connectivity index (χ4v) is 2.46. The molecule has 0 radical (unpaired) electrons. The van der Waals surface area contributed by atoms with Gasteiger partial charge in [0.15, 0.2) is 0 Å². The predicted molar refractivity (Wildman–Crippen MR) is 86.1 cm³/mol. The number of benzene rings is 1. The molecule has 1 aromatic rings. The number of carbonyl (C=O) groups excluding carboxylic acids is 1. The van der Waals surface area contributed by atoms with Crippen LogP contribution in [0.4, 0.5) is 5.69 Å². The Morgan fingerprint density at radius 1 is 1.14 bits per heavy atom. The smallest absolute Gasteiger partial charge is 0.227 e. The SMILES string of the molecule is Cl.O=C(Nc1ccc(OCC2CC2)cc1)C1CCNCC1. The van der Waals surface area contributed by atoms with Crippen LogP contribution >= 0.6 is 12.4 Å². The first-order valence-electron chi connectivity index (χ1n) is 7.56. The number of nitrogens with one attached hydrogen (secondary N) is 2. The number of piperidine rings is 1.